The van der Waals surface area contributed by atoms with Crippen LogP contribution in [-0.2, 0) is 4.74 Å². The van der Waals surface area contributed by atoms with Crippen molar-refractivity contribution in [3.63, 3.8) is 0 Å². The Morgan fingerprint density at radius 1 is 1.17 bits per heavy atom. The van der Waals surface area contributed by atoms with Gasteiger partial charge in [0.1, 0.15) is 6.10 Å². The number of carboxylic acid groups (broad SMARTS) is 1. The SMILES string of the molecule is CCCCC(CCC(C)C)OC(=O)c1ccc(Cl)cc1C(=O)O. The molecular weight excluding hydrogens is 316 g/mol. The number of carbonyl (C=O) groups is 2. The first-order valence-corrected chi connectivity index (χ1v) is 8.46. The summed E-state index contributed by atoms with van der Waals surface area (Å²) < 4.78 is 5.57. The molecule has 1 unspecified atom stereocenters. The van der Waals surface area contributed by atoms with E-state index in [-0.39, 0.29) is 22.3 Å². The molecule has 0 radical (unpaired) electrons. The van der Waals surface area contributed by atoms with Crippen molar-refractivity contribution in [2.24, 2.45) is 5.92 Å². The van der Waals surface area contributed by atoms with Gasteiger partial charge >= 0.3 is 11.9 Å². The topological polar surface area (TPSA) is 63.6 Å². The number of ether oxygens (including phenoxy) is 1. The third-order valence-corrected chi connectivity index (χ3v) is 3.89. The highest BCUT2D eigenvalue weighted by Gasteiger charge is 2.21. The van der Waals surface area contributed by atoms with Crippen LogP contribution >= 0.6 is 11.6 Å². The minimum absolute atomic E-state index is 0.0490. The van der Waals surface area contributed by atoms with Gasteiger partial charge in [0, 0.05) is 5.02 Å². The quantitative estimate of drug-likeness (QED) is 0.628. The van der Waals surface area contributed by atoms with E-state index >= 15 is 0 Å². The molecule has 0 fully saturated rings. The molecule has 0 bridgehead atoms. The minimum atomic E-state index is -1.19. The molecule has 0 aromatic heterocycles. The van der Waals surface area contributed by atoms with E-state index in [2.05, 4.69) is 20.8 Å². The molecular formula is C18H25ClO4. The molecule has 1 N–H and O–H groups in total. The molecule has 0 amide bonds. The normalized spacial score (nSPS) is 12.2. The summed E-state index contributed by atoms with van der Waals surface area (Å²) in [6.45, 7) is 6.34. The van der Waals surface area contributed by atoms with Crippen molar-refractivity contribution in [3.05, 3.63) is 34.3 Å². The van der Waals surface area contributed by atoms with Crippen LogP contribution in [0, 0.1) is 5.92 Å². The zero-order chi connectivity index (χ0) is 17.4. The van der Waals surface area contributed by atoms with Crippen LogP contribution in [0.5, 0.6) is 0 Å². The average Bonchev–Trinajstić information content (AvgIpc) is 2.49. The number of aromatic carboxylic acids is 1. The smallest absolute Gasteiger partial charge is 0.339 e. The number of rotatable bonds is 9. The van der Waals surface area contributed by atoms with Gasteiger partial charge in [0.25, 0.3) is 0 Å². The molecule has 0 heterocycles. The molecule has 0 aliphatic carbocycles. The maximum atomic E-state index is 12.4. The summed E-state index contributed by atoms with van der Waals surface area (Å²) in [5.41, 5.74) is -0.0754. The highest BCUT2D eigenvalue weighted by molar-refractivity contribution is 6.31. The predicted molar refractivity (Wildman–Crippen MR) is 91.2 cm³/mol. The summed E-state index contributed by atoms with van der Waals surface area (Å²) >= 11 is 5.81. The maximum absolute atomic E-state index is 12.4. The Balaban J connectivity index is 2.87. The lowest BCUT2D eigenvalue weighted by Crippen LogP contribution is -2.21. The molecule has 5 heteroatoms. The van der Waals surface area contributed by atoms with E-state index in [9.17, 15) is 14.7 Å². The summed E-state index contributed by atoms with van der Waals surface area (Å²) in [5, 5.41) is 9.50. The van der Waals surface area contributed by atoms with E-state index in [0.717, 1.165) is 32.1 Å². The van der Waals surface area contributed by atoms with Gasteiger partial charge in [-0.15, -0.1) is 0 Å². The van der Waals surface area contributed by atoms with E-state index in [4.69, 9.17) is 16.3 Å². The number of esters is 1. The van der Waals surface area contributed by atoms with Crippen molar-refractivity contribution in [1.29, 1.82) is 0 Å². The minimum Gasteiger partial charge on any atom is -0.478 e. The van der Waals surface area contributed by atoms with Gasteiger partial charge in [-0.2, -0.15) is 0 Å². The van der Waals surface area contributed by atoms with Crippen molar-refractivity contribution in [3.8, 4) is 0 Å². The zero-order valence-electron chi connectivity index (χ0n) is 14.0. The first-order valence-electron chi connectivity index (χ1n) is 8.09. The molecule has 0 saturated carbocycles. The monoisotopic (exact) mass is 340 g/mol. The van der Waals surface area contributed by atoms with Crippen LogP contribution in [0.1, 0.15) is 73.6 Å². The van der Waals surface area contributed by atoms with Crippen molar-refractivity contribution in [2.45, 2.75) is 59.0 Å². The summed E-state index contributed by atoms with van der Waals surface area (Å²) in [6.07, 6.45) is 4.37. The number of hydrogen-bond acceptors (Lipinski definition) is 3. The van der Waals surface area contributed by atoms with Crippen LogP contribution in [0.4, 0.5) is 0 Å². The second kappa shape index (κ2) is 9.56. The van der Waals surface area contributed by atoms with E-state index in [0.29, 0.717) is 5.92 Å². The van der Waals surface area contributed by atoms with Gasteiger partial charge in [-0.3, -0.25) is 0 Å². The van der Waals surface area contributed by atoms with Gasteiger partial charge < -0.3 is 9.84 Å². The molecule has 23 heavy (non-hydrogen) atoms. The molecule has 1 aromatic rings. The summed E-state index contributed by atoms with van der Waals surface area (Å²) in [6, 6.07) is 4.18. The largest absolute Gasteiger partial charge is 0.478 e. The fourth-order valence-electron chi connectivity index (χ4n) is 2.30. The van der Waals surface area contributed by atoms with Crippen molar-refractivity contribution < 1.29 is 19.4 Å². The molecule has 0 aliphatic heterocycles. The van der Waals surface area contributed by atoms with Crippen molar-refractivity contribution in [2.75, 3.05) is 0 Å². The first-order chi connectivity index (χ1) is 10.8. The Kier molecular flexibility index (Phi) is 8.10. The fraction of sp³-hybridized carbons (Fsp3) is 0.556. The van der Waals surface area contributed by atoms with Crippen LogP contribution in [-0.4, -0.2) is 23.1 Å². The highest BCUT2D eigenvalue weighted by Crippen LogP contribution is 2.21. The third-order valence-electron chi connectivity index (χ3n) is 3.65. The van der Waals surface area contributed by atoms with Gasteiger partial charge in [0.05, 0.1) is 11.1 Å². The lowest BCUT2D eigenvalue weighted by atomic mass is 10.0. The first kappa shape index (κ1) is 19.5. The van der Waals surface area contributed by atoms with Crippen LogP contribution in [0.25, 0.3) is 0 Å². The van der Waals surface area contributed by atoms with Gasteiger partial charge in [-0.25, -0.2) is 9.59 Å². The second-order valence-corrected chi connectivity index (χ2v) is 6.57. The maximum Gasteiger partial charge on any atom is 0.339 e. The van der Waals surface area contributed by atoms with E-state index < -0.39 is 11.9 Å². The van der Waals surface area contributed by atoms with E-state index in [1.165, 1.54) is 18.2 Å². The fourth-order valence-corrected chi connectivity index (χ4v) is 2.47. The van der Waals surface area contributed by atoms with E-state index in [1.807, 2.05) is 0 Å². The number of hydrogen-bond donors (Lipinski definition) is 1. The Morgan fingerprint density at radius 3 is 2.43 bits per heavy atom. The number of benzene rings is 1. The van der Waals surface area contributed by atoms with Gasteiger partial charge in [-0.1, -0.05) is 45.2 Å². The third kappa shape index (κ3) is 6.61. The highest BCUT2D eigenvalue weighted by atomic mass is 35.5. The Bertz CT molecular complexity index is 540. The Hall–Kier alpha value is -1.55. The lowest BCUT2D eigenvalue weighted by Gasteiger charge is -2.19. The Labute approximate surface area is 142 Å². The summed E-state index contributed by atoms with van der Waals surface area (Å²) in [7, 11) is 0. The van der Waals surface area contributed by atoms with Gasteiger partial charge in [-0.05, 0) is 43.4 Å². The number of carbonyl (C=O) groups excluding carboxylic acids is 1. The van der Waals surface area contributed by atoms with Crippen LogP contribution in [0.2, 0.25) is 5.02 Å². The molecule has 0 spiro atoms. The van der Waals surface area contributed by atoms with Crippen LogP contribution in [0.15, 0.2) is 18.2 Å². The van der Waals surface area contributed by atoms with Gasteiger partial charge in [0.2, 0.25) is 0 Å². The summed E-state index contributed by atoms with van der Waals surface area (Å²) in [4.78, 5) is 23.7. The standard InChI is InChI=1S/C18H25ClO4/c1-4-5-6-14(9-7-12(2)3)23-18(22)15-10-8-13(19)11-16(15)17(20)21/h8,10-12,14H,4-7,9H2,1-3H3,(H,20,21). The van der Waals surface area contributed by atoms with Crippen LogP contribution in [0.3, 0.4) is 0 Å². The number of carboxylic acids is 1. The Morgan fingerprint density at radius 2 is 1.87 bits per heavy atom. The van der Waals surface area contributed by atoms with Gasteiger partial charge in [0.15, 0.2) is 0 Å². The molecule has 0 aliphatic rings. The second-order valence-electron chi connectivity index (χ2n) is 6.14. The lowest BCUT2D eigenvalue weighted by molar-refractivity contribution is 0.0238. The molecule has 0 saturated heterocycles. The average molecular weight is 341 g/mol. The number of halogens is 1. The number of unbranched alkanes of at least 4 members (excludes halogenated alkanes) is 1. The van der Waals surface area contributed by atoms with E-state index in [1.54, 1.807) is 0 Å². The molecule has 1 rings (SSSR count). The molecule has 1 aromatic carbocycles. The molecule has 128 valence electrons. The predicted octanol–water partition coefficient (Wildman–Crippen LogP) is 5.19. The summed E-state index contributed by atoms with van der Waals surface area (Å²) in [5.74, 6) is -1.25. The van der Waals surface area contributed by atoms with Crippen molar-refractivity contribution in [1.82, 2.24) is 0 Å². The van der Waals surface area contributed by atoms with Crippen molar-refractivity contribution >= 4 is 23.5 Å². The van der Waals surface area contributed by atoms with Crippen LogP contribution < -0.4 is 0 Å². The zero-order valence-corrected chi connectivity index (χ0v) is 14.7. The molecule has 4 nitrogen and oxygen atoms in total. The molecule has 1 atom stereocenters.